The Kier molecular flexibility index (Phi) is 14.0. The first-order valence-corrected chi connectivity index (χ1v) is 6.99. The first-order valence-electron chi connectivity index (χ1n) is 6.99. The van der Waals surface area contributed by atoms with E-state index in [2.05, 4.69) is 50.0 Å². The Balaban J connectivity index is 3.24. The average Bonchev–Trinajstić information content (AvgIpc) is 2.35. The van der Waals surface area contributed by atoms with E-state index >= 15 is 0 Å². The fraction of sp³-hybridized carbons (Fsp3) is 0.529. The minimum atomic E-state index is 1.06. The van der Waals surface area contributed by atoms with Gasteiger partial charge in [-0.15, -0.1) is 6.58 Å². The molecule has 0 unspecified atom stereocenters. The van der Waals surface area contributed by atoms with Crippen LogP contribution in [-0.2, 0) is 0 Å². The van der Waals surface area contributed by atoms with Gasteiger partial charge in [0.2, 0.25) is 0 Å². The molecule has 0 radical (unpaired) electrons. The summed E-state index contributed by atoms with van der Waals surface area (Å²) in [5, 5.41) is 0. The van der Waals surface area contributed by atoms with Crippen molar-refractivity contribution in [3.63, 3.8) is 0 Å². The summed E-state index contributed by atoms with van der Waals surface area (Å²) in [6.45, 7) is 5.89. The van der Waals surface area contributed by atoms with E-state index in [9.17, 15) is 0 Å². The summed E-state index contributed by atoms with van der Waals surface area (Å²) in [6.07, 6.45) is 25.1. The van der Waals surface area contributed by atoms with Gasteiger partial charge in [-0.25, -0.2) is 0 Å². The van der Waals surface area contributed by atoms with Gasteiger partial charge in [-0.2, -0.15) is 0 Å². The van der Waals surface area contributed by atoms with E-state index in [0.29, 0.717) is 0 Å². The monoisotopic (exact) mass is 232 g/mol. The second-order valence-electron chi connectivity index (χ2n) is 4.25. The molecule has 0 N–H and O–H groups in total. The standard InChI is InChI=1S/C17H28/c1-3-5-7-9-11-13-15-17-16-14-12-10-8-6-4-2/h3,6,8,12,14,16-17H,1,4-5,7,9-11,13,15H2,2H3. The Labute approximate surface area is 108 Å². The quantitative estimate of drug-likeness (QED) is 0.233. The minimum absolute atomic E-state index is 1.06. The maximum Gasteiger partial charge on any atom is -0.0166 e. The van der Waals surface area contributed by atoms with Crippen LogP contribution in [0.1, 0.15) is 58.3 Å². The van der Waals surface area contributed by atoms with E-state index < -0.39 is 0 Å². The van der Waals surface area contributed by atoms with Crippen molar-refractivity contribution < 1.29 is 0 Å². The van der Waals surface area contributed by atoms with Crippen molar-refractivity contribution in [2.24, 2.45) is 0 Å². The van der Waals surface area contributed by atoms with Crippen LogP contribution in [0.2, 0.25) is 0 Å². The van der Waals surface area contributed by atoms with E-state index in [1.54, 1.807) is 0 Å². The molecule has 0 aliphatic carbocycles. The molecule has 17 heavy (non-hydrogen) atoms. The molecule has 0 nitrogen and oxygen atoms in total. The molecule has 0 aliphatic rings. The third-order valence-electron chi connectivity index (χ3n) is 2.59. The lowest BCUT2D eigenvalue weighted by molar-refractivity contribution is 0.652. The Hall–Kier alpha value is -1.04. The molecule has 0 rings (SSSR count). The highest BCUT2D eigenvalue weighted by atomic mass is 13.9. The predicted molar refractivity (Wildman–Crippen MR) is 80.2 cm³/mol. The number of allylic oxidation sites excluding steroid dienone is 7. The summed E-state index contributed by atoms with van der Waals surface area (Å²) < 4.78 is 0. The van der Waals surface area contributed by atoms with Crippen molar-refractivity contribution >= 4 is 0 Å². The Bertz CT molecular complexity index is 230. The zero-order chi connectivity index (χ0) is 12.6. The lowest BCUT2D eigenvalue weighted by Crippen LogP contribution is -1.76. The third kappa shape index (κ3) is 15.0. The Morgan fingerprint density at radius 2 is 1.47 bits per heavy atom. The minimum Gasteiger partial charge on any atom is -0.103 e. The van der Waals surface area contributed by atoms with Gasteiger partial charge in [0.05, 0.1) is 0 Å². The van der Waals surface area contributed by atoms with Crippen LogP contribution in [0, 0.1) is 0 Å². The largest absolute Gasteiger partial charge is 0.103 e. The Morgan fingerprint density at radius 1 is 0.765 bits per heavy atom. The van der Waals surface area contributed by atoms with E-state index in [1.807, 2.05) is 6.08 Å². The van der Waals surface area contributed by atoms with Gasteiger partial charge in [-0.1, -0.05) is 62.3 Å². The van der Waals surface area contributed by atoms with Crippen molar-refractivity contribution in [1.82, 2.24) is 0 Å². The summed E-state index contributed by atoms with van der Waals surface area (Å²) in [5.74, 6) is 0. The zero-order valence-corrected chi connectivity index (χ0v) is 11.4. The molecule has 0 aromatic rings. The number of hydrogen-bond acceptors (Lipinski definition) is 0. The third-order valence-corrected chi connectivity index (χ3v) is 2.59. The van der Waals surface area contributed by atoms with Crippen LogP contribution in [-0.4, -0.2) is 0 Å². The van der Waals surface area contributed by atoms with Crippen LogP contribution in [0.15, 0.2) is 49.1 Å². The molecule has 0 spiro atoms. The molecule has 0 bridgehead atoms. The average molecular weight is 232 g/mol. The van der Waals surface area contributed by atoms with Crippen molar-refractivity contribution in [2.45, 2.75) is 58.3 Å². The van der Waals surface area contributed by atoms with Crippen LogP contribution in [0.4, 0.5) is 0 Å². The summed E-state index contributed by atoms with van der Waals surface area (Å²) in [4.78, 5) is 0. The fourth-order valence-electron chi connectivity index (χ4n) is 1.58. The van der Waals surface area contributed by atoms with E-state index in [-0.39, 0.29) is 0 Å². The molecule has 0 atom stereocenters. The van der Waals surface area contributed by atoms with Gasteiger partial charge in [-0.3, -0.25) is 0 Å². The molecular weight excluding hydrogens is 204 g/mol. The van der Waals surface area contributed by atoms with Gasteiger partial charge < -0.3 is 0 Å². The summed E-state index contributed by atoms with van der Waals surface area (Å²) in [6, 6.07) is 0. The second-order valence-corrected chi connectivity index (χ2v) is 4.25. The van der Waals surface area contributed by atoms with Crippen molar-refractivity contribution in [3.05, 3.63) is 49.1 Å². The molecule has 0 amide bonds. The van der Waals surface area contributed by atoms with Gasteiger partial charge in [0.25, 0.3) is 0 Å². The molecule has 0 saturated heterocycles. The molecule has 0 aromatic carbocycles. The molecular formula is C17H28. The molecule has 0 aromatic heterocycles. The van der Waals surface area contributed by atoms with Gasteiger partial charge in [-0.05, 0) is 38.5 Å². The lowest BCUT2D eigenvalue weighted by Gasteiger charge is -1.95. The maximum atomic E-state index is 3.73. The topological polar surface area (TPSA) is 0 Å². The normalized spacial score (nSPS) is 12.1. The van der Waals surface area contributed by atoms with Crippen LogP contribution in [0.5, 0.6) is 0 Å². The summed E-state index contributed by atoms with van der Waals surface area (Å²) >= 11 is 0. The van der Waals surface area contributed by atoms with Crippen LogP contribution in [0.3, 0.4) is 0 Å². The van der Waals surface area contributed by atoms with Crippen LogP contribution >= 0.6 is 0 Å². The van der Waals surface area contributed by atoms with Crippen LogP contribution in [0.25, 0.3) is 0 Å². The number of rotatable bonds is 11. The lowest BCUT2D eigenvalue weighted by atomic mass is 10.1. The van der Waals surface area contributed by atoms with E-state index in [1.165, 1.54) is 38.5 Å². The molecule has 0 heterocycles. The molecule has 0 saturated carbocycles. The van der Waals surface area contributed by atoms with Crippen molar-refractivity contribution in [3.8, 4) is 0 Å². The van der Waals surface area contributed by atoms with Gasteiger partial charge in [0, 0.05) is 0 Å². The summed E-state index contributed by atoms with van der Waals surface area (Å²) in [5.41, 5.74) is 0. The smallest absolute Gasteiger partial charge is 0.0166 e. The summed E-state index contributed by atoms with van der Waals surface area (Å²) in [7, 11) is 0. The van der Waals surface area contributed by atoms with Gasteiger partial charge >= 0.3 is 0 Å². The predicted octanol–water partition coefficient (Wildman–Crippen LogP) is 5.98. The second kappa shape index (κ2) is 15.0. The molecule has 0 heteroatoms. The highest BCUT2D eigenvalue weighted by Gasteiger charge is 1.86. The van der Waals surface area contributed by atoms with Crippen molar-refractivity contribution in [1.29, 1.82) is 0 Å². The highest BCUT2D eigenvalue weighted by molar-refractivity contribution is 5.04. The Morgan fingerprint density at radius 3 is 2.18 bits per heavy atom. The molecule has 96 valence electrons. The van der Waals surface area contributed by atoms with Gasteiger partial charge in [0.15, 0.2) is 0 Å². The zero-order valence-electron chi connectivity index (χ0n) is 11.4. The molecule has 0 fully saturated rings. The fourth-order valence-corrected chi connectivity index (χ4v) is 1.58. The first-order chi connectivity index (χ1) is 8.41. The first kappa shape index (κ1) is 16.0. The van der Waals surface area contributed by atoms with Crippen LogP contribution < -0.4 is 0 Å². The maximum absolute atomic E-state index is 3.73. The van der Waals surface area contributed by atoms with Crippen molar-refractivity contribution in [2.75, 3.05) is 0 Å². The molecule has 0 aliphatic heterocycles. The number of unbranched alkanes of at least 4 members (excludes halogenated alkanes) is 5. The van der Waals surface area contributed by atoms with E-state index in [4.69, 9.17) is 0 Å². The number of hydrogen-bond donors (Lipinski definition) is 0. The highest BCUT2D eigenvalue weighted by Crippen LogP contribution is 2.05. The SMILES string of the molecule is C=CCCCCCCC=CC=CCC=CCC. The van der Waals surface area contributed by atoms with Gasteiger partial charge in [0.1, 0.15) is 0 Å². The van der Waals surface area contributed by atoms with E-state index in [0.717, 1.165) is 12.8 Å².